The third-order valence-electron chi connectivity index (χ3n) is 6.51. The zero-order valence-electron chi connectivity index (χ0n) is 20.5. The molecule has 2 aromatic carbocycles. The zero-order chi connectivity index (χ0) is 25.5. The number of nitrogens with zero attached hydrogens (tertiary/aromatic N) is 2. The molecule has 0 amide bonds. The number of carbonyl (C=O) groups excluding carboxylic acids is 1. The Morgan fingerprint density at radius 2 is 1.86 bits per heavy atom. The van der Waals surface area contributed by atoms with Gasteiger partial charge in [0.1, 0.15) is 5.75 Å². The summed E-state index contributed by atoms with van der Waals surface area (Å²) in [6, 6.07) is 9.40. The Morgan fingerprint density at radius 1 is 1.17 bits per heavy atom. The maximum Gasteiger partial charge on any atom is 0.573 e. The highest BCUT2D eigenvalue weighted by molar-refractivity contribution is 5.96. The number of benzene rings is 2. The van der Waals surface area contributed by atoms with E-state index in [2.05, 4.69) is 35.4 Å². The lowest BCUT2D eigenvalue weighted by molar-refractivity contribution is -0.274. The van der Waals surface area contributed by atoms with Crippen molar-refractivity contribution in [1.29, 1.82) is 0 Å². The molecule has 2 atom stereocenters. The van der Waals surface area contributed by atoms with Crippen LogP contribution in [0.3, 0.4) is 0 Å². The second kappa shape index (κ2) is 9.09. The fraction of sp³-hybridized carbons (Fsp3) is 0.462. The molecular formula is C26H30F3N3O3. The van der Waals surface area contributed by atoms with E-state index in [1.165, 1.54) is 31.4 Å². The maximum absolute atomic E-state index is 12.5. The summed E-state index contributed by atoms with van der Waals surface area (Å²) in [6.45, 7) is 8.65. The standard InChI is InChI=1S/C26H30F3N3O3/c1-15-10-18(14-25(3,4)13-15)32-22-11-16(2)20(23(33)34-5)12-21(22)31-24(32)30-17-6-8-19(9-7-17)35-26(27,28)29/h6-9,11-12,15,18H,10,13-14H2,1-5H3,(H,30,31)/t15-,18?/m0/s1. The summed E-state index contributed by atoms with van der Waals surface area (Å²) in [5.41, 5.74) is 3.49. The molecule has 3 aromatic rings. The molecule has 0 aliphatic heterocycles. The lowest BCUT2D eigenvalue weighted by atomic mass is 9.70. The molecule has 1 N–H and O–H groups in total. The number of carbonyl (C=O) groups is 1. The molecule has 1 unspecified atom stereocenters. The number of imidazole rings is 1. The summed E-state index contributed by atoms with van der Waals surface area (Å²) in [5.74, 6) is 0.364. The van der Waals surface area contributed by atoms with Gasteiger partial charge in [0.15, 0.2) is 0 Å². The zero-order valence-corrected chi connectivity index (χ0v) is 20.5. The number of hydrogen-bond acceptors (Lipinski definition) is 5. The Kier molecular flexibility index (Phi) is 6.46. The van der Waals surface area contributed by atoms with E-state index in [0.717, 1.165) is 30.3 Å². The number of nitrogens with one attached hydrogen (secondary N) is 1. The van der Waals surface area contributed by atoms with Crippen LogP contribution in [-0.4, -0.2) is 29.0 Å². The van der Waals surface area contributed by atoms with E-state index in [4.69, 9.17) is 9.72 Å². The number of methoxy groups -OCH3 is 1. The smallest absolute Gasteiger partial charge is 0.465 e. The Hall–Kier alpha value is -3.23. The first-order valence-corrected chi connectivity index (χ1v) is 11.6. The lowest BCUT2D eigenvalue weighted by Crippen LogP contribution is -2.29. The third-order valence-corrected chi connectivity index (χ3v) is 6.51. The van der Waals surface area contributed by atoms with Crippen molar-refractivity contribution in [1.82, 2.24) is 9.55 Å². The molecule has 188 valence electrons. The molecule has 4 rings (SSSR count). The van der Waals surface area contributed by atoms with Gasteiger partial charge >= 0.3 is 12.3 Å². The van der Waals surface area contributed by atoms with Crippen molar-refractivity contribution < 1.29 is 27.4 Å². The topological polar surface area (TPSA) is 65.4 Å². The summed E-state index contributed by atoms with van der Waals surface area (Å²) in [5, 5.41) is 3.27. The van der Waals surface area contributed by atoms with E-state index in [9.17, 15) is 18.0 Å². The van der Waals surface area contributed by atoms with Crippen LogP contribution in [0.1, 0.15) is 62.0 Å². The molecule has 6 nitrogen and oxygen atoms in total. The number of alkyl halides is 3. The molecule has 0 bridgehead atoms. The number of aromatic nitrogens is 2. The molecule has 1 fully saturated rings. The van der Waals surface area contributed by atoms with Gasteiger partial charge in [-0.1, -0.05) is 20.8 Å². The highest BCUT2D eigenvalue weighted by Crippen LogP contribution is 2.46. The van der Waals surface area contributed by atoms with Crippen LogP contribution in [-0.2, 0) is 4.74 Å². The number of aryl methyl sites for hydroxylation is 1. The molecule has 0 saturated heterocycles. The number of halogens is 3. The predicted octanol–water partition coefficient (Wildman–Crippen LogP) is 7.16. The average Bonchev–Trinajstić information content (AvgIpc) is 3.08. The number of fused-ring (bicyclic) bond motifs is 1. The van der Waals surface area contributed by atoms with Crippen LogP contribution in [0.4, 0.5) is 24.8 Å². The summed E-state index contributed by atoms with van der Waals surface area (Å²) in [6.07, 6.45) is -1.69. The first-order chi connectivity index (χ1) is 16.3. The lowest BCUT2D eigenvalue weighted by Gasteiger charge is -2.40. The van der Waals surface area contributed by atoms with Gasteiger partial charge in [-0.15, -0.1) is 13.2 Å². The van der Waals surface area contributed by atoms with Gasteiger partial charge in [-0.05, 0) is 79.5 Å². The molecule has 1 aliphatic carbocycles. The Morgan fingerprint density at radius 3 is 2.46 bits per heavy atom. The summed E-state index contributed by atoms with van der Waals surface area (Å²) in [4.78, 5) is 17.0. The van der Waals surface area contributed by atoms with Crippen molar-refractivity contribution in [2.24, 2.45) is 11.3 Å². The largest absolute Gasteiger partial charge is 0.573 e. The van der Waals surface area contributed by atoms with Gasteiger partial charge in [0, 0.05) is 11.7 Å². The van der Waals surface area contributed by atoms with E-state index in [0.29, 0.717) is 28.6 Å². The third kappa shape index (κ3) is 5.55. The molecular weight excluding hydrogens is 459 g/mol. The maximum atomic E-state index is 12.5. The Balaban J connectivity index is 1.77. The number of anilines is 2. The molecule has 1 heterocycles. The van der Waals surface area contributed by atoms with Gasteiger partial charge < -0.3 is 19.4 Å². The summed E-state index contributed by atoms with van der Waals surface area (Å²) in [7, 11) is 1.34. The van der Waals surface area contributed by atoms with Gasteiger partial charge in [0.2, 0.25) is 5.95 Å². The van der Waals surface area contributed by atoms with Crippen LogP contribution < -0.4 is 10.1 Å². The quantitative estimate of drug-likeness (QED) is 0.385. The first kappa shape index (κ1) is 24.9. The molecule has 9 heteroatoms. The Bertz CT molecular complexity index is 1230. The SMILES string of the molecule is COC(=O)c1cc2nc(Nc3ccc(OC(F)(F)F)cc3)n(C3C[C@H](C)CC(C)(C)C3)c2cc1C. The normalized spacial score (nSPS) is 20.0. The summed E-state index contributed by atoms with van der Waals surface area (Å²) < 4.78 is 48.6. The van der Waals surface area contributed by atoms with Crippen molar-refractivity contribution in [2.45, 2.75) is 59.4 Å². The molecule has 1 aliphatic rings. The highest BCUT2D eigenvalue weighted by Gasteiger charge is 2.35. The van der Waals surface area contributed by atoms with Crippen LogP contribution in [0.5, 0.6) is 5.75 Å². The van der Waals surface area contributed by atoms with Crippen LogP contribution in [0.25, 0.3) is 11.0 Å². The molecule has 0 radical (unpaired) electrons. The van der Waals surface area contributed by atoms with Crippen molar-refractivity contribution in [3.8, 4) is 5.75 Å². The number of rotatable bonds is 5. The number of hydrogen-bond donors (Lipinski definition) is 1. The van der Waals surface area contributed by atoms with Crippen LogP contribution in [0, 0.1) is 18.3 Å². The molecule has 1 aromatic heterocycles. The fourth-order valence-electron chi connectivity index (χ4n) is 5.39. The van der Waals surface area contributed by atoms with E-state index in [1.807, 2.05) is 13.0 Å². The second-order valence-electron chi connectivity index (χ2n) is 10.2. The summed E-state index contributed by atoms with van der Waals surface area (Å²) >= 11 is 0. The minimum Gasteiger partial charge on any atom is -0.465 e. The van der Waals surface area contributed by atoms with Crippen molar-refractivity contribution in [3.05, 3.63) is 47.5 Å². The van der Waals surface area contributed by atoms with Crippen LogP contribution in [0.2, 0.25) is 0 Å². The average molecular weight is 490 g/mol. The molecule has 35 heavy (non-hydrogen) atoms. The van der Waals surface area contributed by atoms with Gasteiger partial charge in [-0.3, -0.25) is 0 Å². The van der Waals surface area contributed by atoms with E-state index in [1.54, 1.807) is 6.07 Å². The van der Waals surface area contributed by atoms with Crippen LogP contribution in [0.15, 0.2) is 36.4 Å². The minimum absolute atomic E-state index is 0.147. The van der Waals surface area contributed by atoms with Gasteiger partial charge in [0.05, 0.1) is 23.7 Å². The molecule has 0 spiro atoms. The van der Waals surface area contributed by atoms with E-state index < -0.39 is 12.3 Å². The van der Waals surface area contributed by atoms with E-state index in [-0.39, 0.29) is 17.2 Å². The second-order valence-corrected chi connectivity index (χ2v) is 10.2. The minimum atomic E-state index is -4.75. The monoisotopic (exact) mass is 489 g/mol. The van der Waals surface area contributed by atoms with Crippen molar-refractivity contribution >= 4 is 28.6 Å². The first-order valence-electron chi connectivity index (χ1n) is 11.6. The highest BCUT2D eigenvalue weighted by atomic mass is 19.4. The predicted molar refractivity (Wildman–Crippen MR) is 128 cm³/mol. The fourth-order valence-corrected chi connectivity index (χ4v) is 5.39. The number of esters is 1. The van der Waals surface area contributed by atoms with Gasteiger partial charge in [-0.2, -0.15) is 0 Å². The van der Waals surface area contributed by atoms with Gasteiger partial charge in [-0.25, -0.2) is 9.78 Å². The van der Waals surface area contributed by atoms with Crippen molar-refractivity contribution in [3.63, 3.8) is 0 Å². The number of ether oxygens (including phenoxy) is 2. The van der Waals surface area contributed by atoms with Crippen molar-refractivity contribution in [2.75, 3.05) is 12.4 Å². The Labute approximate surface area is 202 Å². The van der Waals surface area contributed by atoms with E-state index >= 15 is 0 Å². The van der Waals surface area contributed by atoms with Crippen LogP contribution >= 0.6 is 0 Å². The molecule has 1 saturated carbocycles. The van der Waals surface area contributed by atoms with Gasteiger partial charge in [0.25, 0.3) is 0 Å².